The van der Waals surface area contributed by atoms with Crippen molar-refractivity contribution >= 4 is 45.1 Å². The lowest BCUT2D eigenvalue weighted by Gasteiger charge is -2.17. The van der Waals surface area contributed by atoms with Crippen LogP contribution in [0.1, 0.15) is 13.8 Å². The second-order valence-electron chi connectivity index (χ2n) is 5.53. The molecule has 6 nitrogen and oxygen atoms in total. The summed E-state index contributed by atoms with van der Waals surface area (Å²) in [5, 5.41) is 8.85. The lowest BCUT2D eigenvalue weighted by Crippen LogP contribution is -2.16. The van der Waals surface area contributed by atoms with Gasteiger partial charge in [-0.05, 0) is 13.8 Å². The summed E-state index contributed by atoms with van der Waals surface area (Å²) in [6, 6.07) is 15.1. The SMILES string of the molecule is CCOC(=O)Nc1c2ccccc2c(NC(=O)OCC)c2ccccc12. The van der Waals surface area contributed by atoms with Crippen LogP contribution in [0.25, 0.3) is 21.5 Å². The molecule has 0 saturated carbocycles. The molecule has 0 aromatic heterocycles. The standard InChI is InChI=1S/C20H20N2O4/c1-3-25-19(23)21-17-13-9-5-7-11-15(13)18(22-20(24)26-4-2)16-12-8-6-10-14(16)17/h5-12H,3-4H2,1-2H3,(H,21,23)(H,22,24). The minimum Gasteiger partial charge on any atom is -0.450 e. The fourth-order valence-electron chi connectivity index (χ4n) is 2.94. The summed E-state index contributed by atoms with van der Waals surface area (Å²) in [5.41, 5.74) is 1.29. The molecule has 3 aromatic rings. The number of fused-ring (bicyclic) bond motifs is 2. The van der Waals surface area contributed by atoms with Crippen molar-refractivity contribution in [2.45, 2.75) is 13.8 Å². The van der Waals surface area contributed by atoms with Crippen molar-refractivity contribution in [3.05, 3.63) is 48.5 Å². The molecule has 3 aromatic carbocycles. The van der Waals surface area contributed by atoms with Crippen LogP contribution in [-0.4, -0.2) is 25.4 Å². The maximum absolute atomic E-state index is 12.0. The number of ether oxygens (including phenoxy) is 2. The first kappa shape index (κ1) is 17.5. The maximum atomic E-state index is 12.0. The van der Waals surface area contributed by atoms with E-state index in [1.165, 1.54) is 0 Å². The third-order valence-corrected chi connectivity index (χ3v) is 3.94. The summed E-state index contributed by atoms with van der Waals surface area (Å²) in [6.07, 6.45) is -1.04. The van der Waals surface area contributed by atoms with Gasteiger partial charge in [-0.2, -0.15) is 0 Å². The Morgan fingerprint density at radius 2 is 1.00 bits per heavy atom. The van der Waals surface area contributed by atoms with E-state index in [9.17, 15) is 9.59 Å². The molecule has 0 aliphatic rings. The molecule has 0 bridgehead atoms. The first-order chi connectivity index (χ1) is 12.7. The van der Waals surface area contributed by atoms with E-state index in [0.29, 0.717) is 11.4 Å². The molecule has 134 valence electrons. The van der Waals surface area contributed by atoms with Gasteiger partial charge in [0.1, 0.15) is 0 Å². The van der Waals surface area contributed by atoms with Crippen LogP contribution in [0, 0.1) is 0 Å². The molecule has 26 heavy (non-hydrogen) atoms. The van der Waals surface area contributed by atoms with Crippen LogP contribution in [0.15, 0.2) is 48.5 Å². The highest BCUT2D eigenvalue weighted by atomic mass is 16.6. The minimum absolute atomic E-state index is 0.282. The summed E-state index contributed by atoms with van der Waals surface area (Å²) >= 11 is 0. The number of carbonyl (C=O) groups excluding carboxylic acids is 2. The van der Waals surface area contributed by atoms with Gasteiger partial charge in [0.2, 0.25) is 0 Å². The largest absolute Gasteiger partial charge is 0.450 e. The second kappa shape index (κ2) is 7.74. The van der Waals surface area contributed by atoms with Gasteiger partial charge in [0.05, 0.1) is 24.6 Å². The van der Waals surface area contributed by atoms with Crippen molar-refractivity contribution in [1.29, 1.82) is 0 Å². The third kappa shape index (κ3) is 3.39. The van der Waals surface area contributed by atoms with Gasteiger partial charge in [0.25, 0.3) is 0 Å². The van der Waals surface area contributed by atoms with Gasteiger partial charge >= 0.3 is 12.2 Å². The average Bonchev–Trinajstić information content (AvgIpc) is 2.65. The molecule has 2 amide bonds. The van der Waals surface area contributed by atoms with E-state index in [4.69, 9.17) is 9.47 Å². The smallest absolute Gasteiger partial charge is 0.411 e. The summed E-state index contributed by atoms with van der Waals surface area (Å²) in [7, 11) is 0. The molecular formula is C20H20N2O4. The first-order valence-corrected chi connectivity index (χ1v) is 8.46. The normalized spacial score (nSPS) is 10.5. The zero-order valence-electron chi connectivity index (χ0n) is 14.7. The quantitative estimate of drug-likeness (QED) is 0.504. The van der Waals surface area contributed by atoms with Crippen LogP contribution >= 0.6 is 0 Å². The highest BCUT2D eigenvalue weighted by molar-refractivity contribution is 6.23. The lowest BCUT2D eigenvalue weighted by atomic mass is 9.98. The molecule has 0 atom stereocenters. The molecule has 3 rings (SSSR count). The zero-order chi connectivity index (χ0) is 18.5. The van der Waals surface area contributed by atoms with Crippen LogP contribution in [0.4, 0.5) is 21.0 Å². The van der Waals surface area contributed by atoms with E-state index < -0.39 is 12.2 Å². The van der Waals surface area contributed by atoms with Crippen molar-refractivity contribution in [2.24, 2.45) is 0 Å². The number of anilines is 2. The molecule has 6 heteroatoms. The lowest BCUT2D eigenvalue weighted by molar-refractivity contribution is 0.167. The predicted octanol–water partition coefficient (Wildman–Crippen LogP) is 5.13. The fourth-order valence-corrected chi connectivity index (χ4v) is 2.94. The number of amides is 2. The minimum atomic E-state index is -0.520. The number of carbonyl (C=O) groups is 2. The van der Waals surface area contributed by atoms with Gasteiger partial charge in [-0.3, -0.25) is 10.6 Å². The summed E-state index contributed by atoms with van der Waals surface area (Å²) in [4.78, 5) is 24.0. The number of hydrogen-bond acceptors (Lipinski definition) is 4. The molecule has 0 aliphatic carbocycles. The van der Waals surface area contributed by atoms with Gasteiger partial charge in [-0.1, -0.05) is 48.5 Å². The van der Waals surface area contributed by atoms with E-state index in [1.807, 2.05) is 48.5 Å². The van der Waals surface area contributed by atoms with E-state index in [-0.39, 0.29) is 13.2 Å². The molecule has 2 N–H and O–H groups in total. The van der Waals surface area contributed by atoms with Crippen molar-refractivity contribution in [3.63, 3.8) is 0 Å². The van der Waals surface area contributed by atoms with Gasteiger partial charge in [0.15, 0.2) is 0 Å². The Balaban J connectivity index is 2.24. The Kier molecular flexibility index (Phi) is 5.22. The third-order valence-electron chi connectivity index (χ3n) is 3.94. The molecule has 0 fully saturated rings. The average molecular weight is 352 g/mol. The highest BCUT2D eigenvalue weighted by Gasteiger charge is 2.17. The summed E-state index contributed by atoms with van der Waals surface area (Å²) in [6.45, 7) is 4.07. The molecule has 0 heterocycles. The van der Waals surface area contributed by atoms with E-state index in [1.54, 1.807) is 13.8 Å². The van der Waals surface area contributed by atoms with Crippen molar-refractivity contribution in [1.82, 2.24) is 0 Å². The van der Waals surface area contributed by atoms with Crippen LogP contribution in [0.5, 0.6) is 0 Å². The summed E-state index contributed by atoms with van der Waals surface area (Å²) in [5.74, 6) is 0. The Labute approximate surface area is 151 Å². The topological polar surface area (TPSA) is 76.7 Å². The van der Waals surface area contributed by atoms with Gasteiger partial charge < -0.3 is 9.47 Å². The van der Waals surface area contributed by atoms with Crippen LogP contribution in [-0.2, 0) is 9.47 Å². The van der Waals surface area contributed by atoms with Gasteiger partial charge in [0, 0.05) is 21.5 Å². The molecule has 0 radical (unpaired) electrons. The zero-order valence-corrected chi connectivity index (χ0v) is 14.7. The number of rotatable bonds is 4. The maximum Gasteiger partial charge on any atom is 0.411 e. The summed E-state index contributed by atoms with van der Waals surface area (Å²) < 4.78 is 10.1. The molecular weight excluding hydrogens is 332 g/mol. The monoisotopic (exact) mass is 352 g/mol. The number of benzene rings is 3. The number of hydrogen-bond donors (Lipinski definition) is 2. The number of nitrogens with one attached hydrogen (secondary N) is 2. The highest BCUT2D eigenvalue weighted by Crippen LogP contribution is 2.39. The Morgan fingerprint density at radius 3 is 1.27 bits per heavy atom. The van der Waals surface area contributed by atoms with Crippen LogP contribution < -0.4 is 10.6 Å². The molecule has 0 spiro atoms. The first-order valence-electron chi connectivity index (χ1n) is 8.46. The molecule has 0 saturated heterocycles. The van der Waals surface area contributed by atoms with Crippen molar-refractivity contribution < 1.29 is 19.1 Å². The molecule has 0 unspecified atom stereocenters. The second-order valence-corrected chi connectivity index (χ2v) is 5.53. The Hall–Kier alpha value is -3.28. The van der Waals surface area contributed by atoms with E-state index >= 15 is 0 Å². The van der Waals surface area contributed by atoms with Crippen LogP contribution in [0.2, 0.25) is 0 Å². The van der Waals surface area contributed by atoms with Crippen molar-refractivity contribution in [2.75, 3.05) is 23.8 Å². The molecule has 0 aliphatic heterocycles. The predicted molar refractivity (Wildman–Crippen MR) is 103 cm³/mol. The van der Waals surface area contributed by atoms with E-state index in [2.05, 4.69) is 10.6 Å². The Bertz CT molecular complexity index is 834. The van der Waals surface area contributed by atoms with Gasteiger partial charge in [-0.15, -0.1) is 0 Å². The van der Waals surface area contributed by atoms with E-state index in [0.717, 1.165) is 21.5 Å². The Morgan fingerprint density at radius 1 is 0.692 bits per heavy atom. The fraction of sp³-hybridized carbons (Fsp3) is 0.200. The van der Waals surface area contributed by atoms with Crippen LogP contribution in [0.3, 0.4) is 0 Å². The van der Waals surface area contributed by atoms with Gasteiger partial charge in [-0.25, -0.2) is 9.59 Å². The van der Waals surface area contributed by atoms with Crippen molar-refractivity contribution in [3.8, 4) is 0 Å².